The SMILES string of the molecule is CC(C)NCc1ncc(-c2ccc(Br)cc2F)o1. The van der Waals surface area contributed by atoms with Gasteiger partial charge in [0.05, 0.1) is 18.3 Å². The molecule has 0 atom stereocenters. The molecule has 1 N–H and O–H groups in total. The number of hydrogen-bond acceptors (Lipinski definition) is 3. The molecule has 0 unspecified atom stereocenters. The van der Waals surface area contributed by atoms with Crippen molar-refractivity contribution in [1.82, 2.24) is 10.3 Å². The Morgan fingerprint density at radius 2 is 2.22 bits per heavy atom. The molecule has 96 valence electrons. The van der Waals surface area contributed by atoms with Crippen LogP contribution in [0.2, 0.25) is 0 Å². The largest absolute Gasteiger partial charge is 0.439 e. The lowest BCUT2D eigenvalue weighted by Crippen LogP contribution is -2.21. The molecular weight excluding hydrogens is 299 g/mol. The minimum absolute atomic E-state index is 0.330. The van der Waals surface area contributed by atoms with Gasteiger partial charge in [0, 0.05) is 10.5 Å². The molecule has 0 amide bonds. The van der Waals surface area contributed by atoms with Crippen LogP contribution in [0.3, 0.4) is 0 Å². The summed E-state index contributed by atoms with van der Waals surface area (Å²) < 4.78 is 19.9. The minimum atomic E-state index is -0.330. The highest BCUT2D eigenvalue weighted by atomic mass is 79.9. The topological polar surface area (TPSA) is 38.1 Å². The number of rotatable bonds is 4. The number of hydrogen-bond donors (Lipinski definition) is 1. The highest BCUT2D eigenvalue weighted by molar-refractivity contribution is 9.10. The molecule has 18 heavy (non-hydrogen) atoms. The Morgan fingerprint density at radius 1 is 1.44 bits per heavy atom. The van der Waals surface area contributed by atoms with E-state index in [2.05, 4.69) is 26.2 Å². The van der Waals surface area contributed by atoms with Crippen molar-refractivity contribution in [3.05, 3.63) is 40.6 Å². The molecule has 1 aromatic heterocycles. The average Bonchev–Trinajstić information content (AvgIpc) is 2.75. The third-order valence-electron chi connectivity index (χ3n) is 2.41. The zero-order valence-corrected chi connectivity index (χ0v) is 11.8. The Bertz CT molecular complexity index is 540. The average molecular weight is 313 g/mol. The van der Waals surface area contributed by atoms with Gasteiger partial charge in [-0.1, -0.05) is 29.8 Å². The lowest BCUT2D eigenvalue weighted by atomic mass is 10.2. The molecule has 3 nitrogen and oxygen atoms in total. The van der Waals surface area contributed by atoms with Crippen LogP contribution in [-0.4, -0.2) is 11.0 Å². The van der Waals surface area contributed by atoms with E-state index in [1.807, 2.05) is 13.8 Å². The van der Waals surface area contributed by atoms with E-state index in [1.165, 1.54) is 6.07 Å². The molecule has 0 fully saturated rings. The first-order valence-corrected chi connectivity index (χ1v) is 6.49. The zero-order valence-electron chi connectivity index (χ0n) is 10.2. The summed E-state index contributed by atoms with van der Waals surface area (Å²) >= 11 is 3.22. The van der Waals surface area contributed by atoms with Crippen LogP contribution >= 0.6 is 15.9 Å². The Morgan fingerprint density at radius 3 is 2.89 bits per heavy atom. The Hall–Kier alpha value is -1.20. The minimum Gasteiger partial charge on any atom is -0.439 e. The number of oxazole rings is 1. The van der Waals surface area contributed by atoms with Gasteiger partial charge in [0.2, 0.25) is 5.89 Å². The second-order valence-electron chi connectivity index (χ2n) is 4.28. The van der Waals surface area contributed by atoms with Crippen LogP contribution in [0.4, 0.5) is 4.39 Å². The van der Waals surface area contributed by atoms with E-state index in [0.29, 0.717) is 34.3 Å². The molecule has 0 aliphatic carbocycles. The molecule has 0 aliphatic rings. The quantitative estimate of drug-likeness (QED) is 0.934. The fourth-order valence-corrected chi connectivity index (χ4v) is 1.83. The third-order valence-corrected chi connectivity index (χ3v) is 2.90. The first-order chi connectivity index (χ1) is 8.56. The van der Waals surface area contributed by atoms with Gasteiger partial charge >= 0.3 is 0 Å². The lowest BCUT2D eigenvalue weighted by Gasteiger charge is -2.04. The molecule has 0 spiro atoms. The van der Waals surface area contributed by atoms with E-state index < -0.39 is 0 Å². The Kier molecular flexibility index (Phi) is 4.14. The molecular formula is C13H14BrFN2O. The van der Waals surface area contributed by atoms with E-state index in [-0.39, 0.29) is 5.82 Å². The molecule has 2 rings (SSSR count). The molecule has 1 aromatic carbocycles. The Labute approximate surface area is 114 Å². The number of nitrogens with zero attached hydrogens (tertiary/aromatic N) is 1. The number of nitrogens with one attached hydrogen (secondary N) is 1. The molecule has 0 radical (unpaired) electrons. The summed E-state index contributed by atoms with van der Waals surface area (Å²) in [5.41, 5.74) is 0.418. The van der Waals surface area contributed by atoms with Gasteiger partial charge in [-0.3, -0.25) is 0 Å². The highest BCUT2D eigenvalue weighted by Gasteiger charge is 2.11. The maximum absolute atomic E-state index is 13.7. The molecule has 2 aromatic rings. The summed E-state index contributed by atoms with van der Waals surface area (Å²) in [6, 6.07) is 5.20. The molecule has 0 aliphatic heterocycles. The van der Waals surface area contributed by atoms with E-state index in [1.54, 1.807) is 18.3 Å². The number of benzene rings is 1. The van der Waals surface area contributed by atoms with E-state index in [4.69, 9.17) is 4.42 Å². The van der Waals surface area contributed by atoms with Crippen LogP contribution < -0.4 is 5.32 Å². The molecule has 0 bridgehead atoms. The summed E-state index contributed by atoms with van der Waals surface area (Å²) in [6.45, 7) is 4.62. The predicted octanol–water partition coefficient (Wildman–Crippen LogP) is 3.74. The van der Waals surface area contributed by atoms with Crippen LogP contribution in [0.25, 0.3) is 11.3 Å². The van der Waals surface area contributed by atoms with E-state index in [9.17, 15) is 4.39 Å². The second-order valence-corrected chi connectivity index (χ2v) is 5.19. The Balaban J connectivity index is 2.18. The van der Waals surface area contributed by atoms with E-state index in [0.717, 1.165) is 0 Å². The number of halogens is 2. The van der Waals surface area contributed by atoms with Crippen molar-refractivity contribution < 1.29 is 8.81 Å². The third kappa shape index (κ3) is 3.17. The normalized spacial score (nSPS) is 11.2. The summed E-state index contributed by atoms with van der Waals surface area (Å²) in [6.07, 6.45) is 1.55. The summed E-state index contributed by atoms with van der Waals surface area (Å²) in [5, 5.41) is 3.19. The summed E-state index contributed by atoms with van der Waals surface area (Å²) in [5.74, 6) is 0.672. The van der Waals surface area contributed by atoms with Crippen LogP contribution in [0.5, 0.6) is 0 Å². The fourth-order valence-electron chi connectivity index (χ4n) is 1.50. The lowest BCUT2D eigenvalue weighted by molar-refractivity contribution is 0.457. The predicted molar refractivity (Wildman–Crippen MR) is 71.6 cm³/mol. The molecule has 0 saturated heterocycles. The summed E-state index contributed by atoms with van der Waals surface area (Å²) in [7, 11) is 0. The maximum atomic E-state index is 13.7. The van der Waals surface area contributed by atoms with Gasteiger partial charge < -0.3 is 9.73 Å². The van der Waals surface area contributed by atoms with Gasteiger partial charge in [-0.15, -0.1) is 0 Å². The highest BCUT2D eigenvalue weighted by Crippen LogP contribution is 2.26. The van der Waals surface area contributed by atoms with Crippen molar-refractivity contribution in [3.63, 3.8) is 0 Å². The summed E-state index contributed by atoms with van der Waals surface area (Å²) in [4.78, 5) is 4.12. The van der Waals surface area contributed by atoms with Gasteiger partial charge in [0.25, 0.3) is 0 Å². The molecule has 0 saturated carbocycles. The van der Waals surface area contributed by atoms with Crippen molar-refractivity contribution in [2.45, 2.75) is 26.4 Å². The van der Waals surface area contributed by atoms with Crippen LogP contribution in [-0.2, 0) is 6.54 Å². The van der Waals surface area contributed by atoms with Crippen molar-refractivity contribution in [2.75, 3.05) is 0 Å². The van der Waals surface area contributed by atoms with Crippen LogP contribution in [0, 0.1) is 5.82 Å². The van der Waals surface area contributed by atoms with Crippen LogP contribution in [0.1, 0.15) is 19.7 Å². The standard InChI is InChI=1S/C13H14BrFN2O/c1-8(2)16-7-13-17-6-12(18-13)10-4-3-9(14)5-11(10)15/h3-6,8,16H,7H2,1-2H3. The number of aromatic nitrogens is 1. The maximum Gasteiger partial charge on any atom is 0.208 e. The fraction of sp³-hybridized carbons (Fsp3) is 0.308. The van der Waals surface area contributed by atoms with Gasteiger partial charge in [0.15, 0.2) is 5.76 Å². The molecule has 5 heteroatoms. The van der Waals surface area contributed by atoms with Crippen molar-refractivity contribution in [2.24, 2.45) is 0 Å². The van der Waals surface area contributed by atoms with Crippen molar-refractivity contribution in [3.8, 4) is 11.3 Å². The van der Waals surface area contributed by atoms with Gasteiger partial charge in [-0.25, -0.2) is 9.37 Å². The van der Waals surface area contributed by atoms with E-state index >= 15 is 0 Å². The smallest absolute Gasteiger partial charge is 0.208 e. The van der Waals surface area contributed by atoms with Gasteiger partial charge in [-0.2, -0.15) is 0 Å². The van der Waals surface area contributed by atoms with Crippen LogP contribution in [0.15, 0.2) is 33.3 Å². The van der Waals surface area contributed by atoms with Crippen molar-refractivity contribution >= 4 is 15.9 Å². The second kappa shape index (κ2) is 5.63. The monoisotopic (exact) mass is 312 g/mol. The first-order valence-electron chi connectivity index (χ1n) is 5.70. The van der Waals surface area contributed by atoms with Gasteiger partial charge in [0.1, 0.15) is 5.82 Å². The molecule has 1 heterocycles. The van der Waals surface area contributed by atoms with Gasteiger partial charge in [-0.05, 0) is 18.2 Å². The van der Waals surface area contributed by atoms with Crippen molar-refractivity contribution in [1.29, 1.82) is 0 Å². The first kappa shape index (κ1) is 13.2. The zero-order chi connectivity index (χ0) is 13.1.